The van der Waals surface area contributed by atoms with E-state index in [9.17, 15) is 19.5 Å². The summed E-state index contributed by atoms with van der Waals surface area (Å²) in [6, 6.07) is 28.2. The maximum Gasteiger partial charge on any atom is 0.323 e. The van der Waals surface area contributed by atoms with Crippen molar-refractivity contribution in [2.24, 2.45) is 5.92 Å². The Morgan fingerprint density at radius 3 is 2.37 bits per heavy atom. The lowest BCUT2D eigenvalue weighted by molar-refractivity contribution is -0.134. The number of carbonyl (C=O) groups excluding carboxylic acids is 3. The summed E-state index contributed by atoms with van der Waals surface area (Å²) in [7, 11) is 2.00. The number of ether oxygens (including phenoxy) is 1. The van der Waals surface area contributed by atoms with Crippen molar-refractivity contribution in [3.8, 4) is 5.75 Å². The molecule has 0 aromatic heterocycles. The molecule has 1 aliphatic rings. The van der Waals surface area contributed by atoms with Gasteiger partial charge in [0.15, 0.2) is 0 Å². The Morgan fingerprint density at radius 1 is 0.959 bits per heavy atom. The van der Waals surface area contributed by atoms with Crippen LogP contribution in [0.5, 0.6) is 5.75 Å². The zero-order chi connectivity index (χ0) is 34.9. The molecule has 0 spiro atoms. The standard InChI is InChI=1S/C38H44N6O5/c1-25-21-44(26(2)24-45)36(46)20-29-19-31(41-38(48)40-30-9-5-4-6-10-30)17-18-34(29)49-35(25)23-43(3)22-27-13-15-28(16-14-27)37(47)42-33-12-8-7-11-32(33)39/h4-19,25-26,35,45H,20-24,39H2,1-3H3,(H,42,47)(H2,40,41,48)/t25-,26+,35-/m1/s1. The summed E-state index contributed by atoms with van der Waals surface area (Å²) in [6.07, 6.45) is -0.244. The Hall–Kier alpha value is -5.39. The van der Waals surface area contributed by atoms with Gasteiger partial charge in [-0.25, -0.2) is 4.79 Å². The van der Waals surface area contributed by atoms with Crippen molar-refractivity contribution in [1.82, 2.24) is 9.80 Å². The summed E-state index contributed by atoms with van der Waals surface area (Å²) in [5, 5.41) is 18.5. The Bertz CT molecular complexity index is 1750. The van der Waals surface area contributed by atoms with E-state index in [1.807, 2.05) is 63.4 Å². The molecule has 4 aromatic carbocycles. The maximum atomic E-state index is 13.6. The lowest BCUT2D eigenvalue weighted by Crippen LogP contribution is -2.47. The number of para-hydroxylation sites is 3. The minimum Gasteiger partial charge on any atom is -0.488 e. The van der Waals surface area contributed by atoms with E-state index in [0.717, 1.165) is 5.56 Å². The number of rotatable bonds is 10. The van der Waals surface area contributed by atoms with Gasteiger partial charge in [-0.15, -0.1) is 0 Å². The van der Waals surface area contributed by atoms with Crippen LogP contribution in [0.15, 0.2) is 97.1 Å². The zero-order valence-electron chi connectivity index (χ0n) is 28.1. The SMILES string of the molecule is C[C@@H]1CN([C@@H](C)CO)C(=O)Cc2cc(NC(=O)Nc3ccccc3)ccc2O[C@@H]1CN(C)Cc1ccc(C(=O)Nc2ccccc2N)cc1. The van der Waals surface area contributed by atoms with Gasteiger partial charge in [0.05, 0.1) is 30.4 Å². The second-order valence-electron chi connectivity index (χ2n) is 12.6. The average Bonchev–Trinajstić information content (AvgIpc) is 3.13. The number of urea groups is 1. The second-order valence-corrected chi connectivity index (χ2v) is 12.6. The van der Waals surface area contributed by atoms with Gasteiger partial charge in [-0.05, 0) is 74.1 Å². The Balaban J connectivity index is 1.29. The molecule has 0 saturated heterocycles. The van der Waals surface area contributed by atoms with Crippen molar-refractivity contribution in [1.29, 1.82) is 0 Å². The predicted octanol–water partition coefficient (Wildman–Crippen LogP) is 5.45. The van der Waals surface area contributed by atoms with Crippen molar-refractivity contribution in [2.45, 2.75) is 39.0 Å². The number of aliphatic hydroxyl groups is 1. The molecule has 6 N–H and O–H groups in total. The molecule has 4 amide bonds. The fourth-order valence-corrected chi connectivity index (χ4v) is 5.79. The Labute approximate surface area is 287 Å². The first-order valence-electron chi connectivity index (χ1n) is 16.4. The van der Waals surface area contributed by atoms with Gasteiger partial charge in [-0.1, -0.05) is 49.4 Å². The molecule has 0 fully saturated rings. The summed E-state index contributed by atoms with van der Waals surface area (Å²) in [5.41, 5.74) is 10.4. The van der Waals surface area contributed by atoms with Crippen LogP contribution in [0.3, 0.4) is 0 Å². The molecule has 5 rings (SSSR count). The van der Waals surface area contributed by atoms with Crippen molar-refractivity contribution in [3.63, 3.8) is 0 Å². The highest BCUT2D eigenvalue weighted by Crippen LogP contribution is 2.29. The van der Waals surface area contributed by atoms with E-state index in [0.29, 0.717) is 59.3 Å². The molecule has 1 aliphatic heterocycles. The van der Waals surface area contributed by atoms with Crippen LogP contribution < -0.4 is 26.4 Å². The average molecular weight is 665 g/mol. The maximum absolute atomic E-state index is 13.6. The molecule has 11 nitrogen and oxygen atoms in total. The van der Waals surface area contributed by atoms with Crippen LogP contribution in [0.4, 0.5) is 27.5 Å². The molecular formula is C38H44N6O5. The van der Waals surface area contributed by atoms with Gasteiger partial charge >= 0.3 is 6.03 Å². The van der Waals surface area contributed by atoms with Crippen LogP contribution in [-0.2, 0) is 17.8 Å². The molecule has 0 aliphatic carbocycles. The summed E-state index contributed by atoms with van der Waals surface area (Å²) >= 11 is 0. The number of nitrogens with one attached hydrogen (secondary N) is 3. The fourth-order valence-electron chi connectivity index (χ4n) is 5.79. The van der Waals surface area contributed by atoms with Crippen molar-refractivity contribution < 1.29 is 24.2 Å². The first-order valence-corrected chi connectivity index (χ1v) is 16.4. The topological polar surface area (TPSA) is 149 Å². The van der Waals surface area contributed by atoms with E-state index >= 15 is 0 Å². The smallest absolute Gasteiger partial charge is 0.323 e. The number of anilines is 4. The largest absolute Gasteiger partial charge is 0.488 e. The van der Waals surface area contributed by atoms with Gasteiger partial charge < -0.3 is 36.4 Å². The van der Waals surface area contributed by atoms with Gasteiger partial charge in [0, 0.05) is 48.1 Å². The highest BCUT2D eigenvalue weighted by Gasteiger charge is 2.31. The molecule has 0 saturated carbocycles. The lowest BCUT2D eigenvalue weighted by atomic mass is 10.0. The van der Waals surface area contributed by atoms with Crippen molar-refractivity contribution in [3.05, 3.63) is 114 Å². The third-order valence-electron chi connectivity index (χ3n) is 8.58. The van der Waals surface area contributed by atoms with E-state index < -0.39 is 6.03 Å². The van der Waals surface area contributed by atoms with Gasteiger partial charge in [0.2, 0.25) is 5.91 Å². The van der Waals surface area contributed by atoms with E-state index in [-0.39, 0.29) is 42.9 Å². The normalized spacial score (nSPS) is 16.8. The van der Waals surface area contributed by atoms with Crippen molar-refractivity contribution in [2.75, 3.05) is 48.4 Å². The Morgan fingerprint density at radius 2 is 1.65 bits per heavy atom. The second kappa shape index (κ2) is 16.1. The first kappa shape index (κ1) is 34.9. The van der Waals surface area contributed by atoms with Crippen LogP contribution in [0.2, 0.25) is 0 Å². The number of amides is 4. The Kier molecular flexibility index (Phi) is 11.5. The molecule has 49 heavy (non-hydrogen) atoms. The highest BCUT2D eigenvalue weighted by atomic mass is 16.5. The summed E-state index contributed by atoms with van der Waals surface area (Å²) < 4.78 is 6.65. The number of benzene rings is 4. The quantitative estimate of drug-likeness (QED) is 0.142. The van der Waals surface area contributed by atoms with Crippen LogP contribution in [0, 0.1) is 5.92 Å². The minimum absolute atomic E-state index is 0.0571. The van der Waals surface area contributed by atoms with E-state index in [2.05, 4.69) is 20.9 Å². The molecule has 0 unspecified atom stereocenters. The van der Waals surface area contributed by atoms with E-state index in [4.69, 9.17) is 10.5 Å². The number of carbonyl (C=O) groups is 3. The molecular weight excluding hydrogens is 620 g/mol. The van der Waals surface area contributed by atoms with E-state index in [1.165, 1.54) is 0 Å². The highest BCUT2D eigenvalue weighted by molar-refractivity contribution is 6.05. The van der Waals surface area contributed by atoms with Crippen molar-refractivity contribution >= 4 is 40.6 Å². The first-order chi connectivity index (χ1) is 23.6. The van der Waals surface area contributed by atoms with Gasteiger partial charge in [0.1, 0.15) is 11.9 Å². The number of nitrogens with two attached hydrogens (primary N) is 1. The zero-order valence-corrected chi connectivity index (χ0v) is 28.1. The predicted molar refractivity (Wildman–Crippen MR) is 193 cm³/mol. The fraction of sp³-hybridized carbons (Fsp3) is 0.289. The van der Waals surface area contributed by atoms with Gasteiger partial charge in [-0.2, -0.15) is 0 Å². The van der Waals surface area contributed by atoms with Gasteiger partial charge in [-0.3, -0.25) is 14.5 Å². The minimum atomic E-state index is -0.403. The molecule has 11 heteroatoms. The number of nitrogens with zero attached hydrogens (tertiary/aromatic N) is 2. The van der Waals surface area contributed by atoms with Crippen LogP contribution >= 0.6 is 0 Å². The summed E-state index contributed by atoms with van der Waals surface area (Å²) in [5.74, 6) is 0.130. The number of likely N-dealkylation sites (N-methyl/N-ethyl adjacent to an activating group) is 1. The molecule has 0 radical (unpaired) electrons. The third kappa shape index (κ3) is 9.37. The molecule has 256 valence electrons. The summed E-state index contributed by atoms with van der Waals surface area (Å²) in [4.78, 5) is 42.9. The molecule has 0 bridgehead atoms. The van der Waals surface area contributed by atoms with Crippen LogP contribution in [0.25, 0.3) is 0 Å². The molecule has 1 heterocycles. The third-order valence-corrected chi connectivity index (χ3v) is 8.58. The van der Waals surface area contributed by atoms with E-state index in [1.54, 1.807) is 59.5 Å². The summed E-state index contributed by atoms with van der Waals surface area (Å²) in [6.45, 7) is 5.27. The lowest BCUT2D eigenvalue weighted by Gasteiger charge is -2.34. The number of fused-ring (bicyclic) bond motifs is 1. The number of aliphatic hydroxyl groups excluding tert-OH is 1. The number of hydrogen-bond acceptors (Lipinski definition) is 7. The monoisotopic (exact) mass is 664 g/mol. The molecule has 4 aromatic rings. The van der Waals surface area contributed by atoms with Gasteiger partial charge in [0.25, 0.3) is 5.91 Å². The molecule has 3 atom stereocenters. The van der Waals surface area contributed by atoms with Crippen LogP contribution in [0.1, 0.15) is 35.3 Å². The van der Waals surface area contributed by atoms with Crippen LogP contribution in [-0.4, -0.2) is 71.6 Å². The number of nitrogen functional groups attached to an aromatic ring is 1. The number of hydrogen-bond donors (Lipinski definition) is 5.